The van der Waals surface area contributed by atoms with E-state index in [0.29, 0.717) is 15.8 Å². The normalized spacial score (nSPS) is 10.4. The molecule has 0 bridgehead atoms. The number of benzene rings is 2. The Morgan fingerprint density at radius 3 is 2.55 bits per heavy atom. The number of hydrogen-bond acceptors (Lipinski definition) is 2. The average molecular weight is 467 g/mol. The van der Waals surface area contributed by atoms with E-state index in [2.05, 4.69) is 53.1 Å². The first-order valence-electron chi connectivity index (χ1n) is 5.40. The van der Waals surface area contributed by atoms with E-state index < -0.39 is 11.7 Å². The second-order valence-corrected chi connectivity index (χ2v) is 6.47. The molecule has 1 amide bonds. The van der Waals surface area contributed by atoms with E-state index in [0.717, 1.165) is 4.47 Å². The van der Waals surface area contributed by atoms with Gasteiger partial charge in [0.1, 0.15) is 5.82 Å². The van der Waals surface area contributed by atoms with Crippen molar-refractivity contribution in [2.75, 3.05) is 11.1 Å². The third kappa shape index (κ3) is 3.21. The molecule has 104 valence electrons. The Balaban J connectivity index is 2.36. The summed E-state index contributed by atoms with van der Waals surface area (Å²) in [7, 11) is 0. The van der Waals surface area contributed by atoms with E-state index >= 15 is 0 Å². The Morgan fingerprint density at radius 2 is 1.90 bits per heavy atom. The molecule has 0 aliphatic carbocycles. The van der Waals surface area contributed by atoms with Crippen LogP contribution in [0.4, 0.5) is 15.8 Å². The Labute approximate surface area is 140 Å². The number of nitrogens with two attached hydrogens (primary N) is 1. The van der Waals surface area contributed by atoms with Crippen molar-refractivity contribution in [3.05, 3.63) is 55.1 Å². The molecule has 0 spiro atoms. The molecule has 0 aliphatic rings. The molecule has 0 saturated carbocycles. The molecule has 0 aromatic heterocycles. The minimum Gasteiger partial charge on any atom is -0.397 e. The first-order valence-corrected chi connectivity index (χ1v) is 7.78. The summed E-state index contributed by atoms with van der Waals surface area (Å²) in [6.07, 6.45) is 0. The third-order valence-electron chi connectivity index (χ3n) is 2.52. The molecule has 3 nitrogen and oxygen atoms in total. The van der Waals surface area contributed by atoms with Crippen LogP contribution in [-0.2, 0) is 0 Å². The number of hydrogen-bond donors (Lipinski definition) is 2. The number of carbonyl (C=O) groups excluding carboxylic acids is 1. The van der Waals surface area contributed by atoms with Gasteiger partial charge < -0.3 is 11.1 Å². The van der Waals surface area contributed by atoms with Gasteiger partial charge in [0, 0.05) is 8.95 Å². The lowest BCUT2D eigenvalue weighted by Crippen LogP contribution is -2.14. The van der Waals surface area contributed by atoms with Crippen LogP contribution in [0.15, 0.2) is 43.7 Å². The summed E-state index contributed by atoms with van der Waals surface area (Å²) in [5.41, 5.74) is 6.88. The van der Waals surface area contributed by atoms with Gasteiger partial charge in [0.15, 0.2) is 0 Å². The summed E-state index contributed by atoms with van der Waals surface area (Å²) in [6.45, 7) is 0. The van der Waals surface area contributed by atoms with E-state index in [-0.39, 0.29) is 10.0 Å². The molecule has 0 fully saturated rings. The van der Waals surface area contributed by atoms with Gasteiger partial charge in [0.05, 0.1) is 21.4 Å². The van der Waals surface area contributed by atoms with Gasteiger partial charge in [-0.1, -0.05) is 22.0 Å². The number of nitrogens with one attached hydrogen (secondary N) is 1. The van der Waals surface area contributed by atoms with Crippen LogP contribution in [0.5, 0.6) is 0 Å². The maximum atomic E-state index is 13.4. The van der Waals surface area contributed by atoms with Crippen LogP contribution in [0.3, 0.4) is 0 Å². The van der Waals surface area contributed by atoms with E-state index in [1.165, 1.54) is 18.2 Å². The van der Waals surface area contributed by atoms with Crippen molar-refractivity contribution >= 4 is 65.1 Å². The van der Waals surface area contributed by atoms with Gasteiger partial charge in [0.25, 0.3) is 5.91 Å². The number of halogens is 4. The van der Waals surface area contributed by atoms with Crippen molar-refractivity contribution < 1.29 is 9.18 Å². The van der Waals surface area contributed by atoms with Gasteiger partial charge in [-0.2, -0.15) is 0 Å². The van der Waals surface area contributed by atoms with E-state index in [4.69, 9.17) is 5.73 Å². The summed E-state index contributed by atoms with van der Waals surface area (Å²) in [6, 6.07) is 7.68. The summed E-state index contributed by atoms with van der Waals surface area (Å²) in [4.78, 5) is 12.2. The van der Waals surface area contributed by atoms with Crippen molar-refractivity contribution in [2.24, 2.45) is 0 Å². The van der Waals surface area contributed by atoms with Crippen LogP contribution >= 0.6 is 47.8 Å². The second kappa shape index (κ2) is 6.24. The monoisotopic (exact) mass is 464 g/mol. The molecule has 2 aromatic rings. The summed E-state index contributed by atoms with van der Waals surface area (Å²) >= 11 is 9.68. The lowest BCUT2D eigenvalue weighted by atomic mass is 10.2. The van der Waals surface area contributed by atoms with Crippen molar-refractivity contribution in [1.29, 1.82) is 0 Å². The standard InChI is InChI=1S/C13H8Br3FN2O/c14-6-4-8(15)12(10(18)5-6)19-13(20)7-2-1-3-9(17)11(7)16/h1-5H,18H2,(H,19,20). The summed E-state index contributed by atoms with van der Waals surface area (Å²) in [5.74, 6) is -0.952. The highest BCUT2D eigenvalue weighted by Gasteiger charge is 2.16. The largest absolute Gasteiger partial charge is 0.397 e. The van der Waals surface area contributed by atoms with Gasteiger partial charge >= 0.3 is 0 Å². The maximum absolute atomic E-state index is 13.4. The molecular weight excluding hydrogens is 459 g/mol. The van der Waals surface area contributed by atoms with Crippen molar-refractivity contribution in [2.45, 2.75) is 0 Å². The predicted molar refractivity (Wildman–Crippen MR) is 88.3 cm³/mol. The van der Waals surface area contributed by atoms with Gasteiger partial charge in [-0.15, -0.1) is 0 Å². The highest BCUT2D eigenvalue weighted by Crippen LogP contribution is 2.33. The number of carbonyl (C=O) groups is 1. The maximum Gasteiger partial charge on any atom is 0.257 e. The van der Waals surface area contributed by atoms with Crippen LogP contribution in [0.2, 0.25) is 0 Å². The zero-order valence-corrected chi connectivity index (χ0v) is 14.6. The molecule has 7 heteroatoms. The van der Waals surface area contributed by atoms with E-state index in [1.54, 1.807) is 12.1 Å². The number of anilines is 2. The second-order valence-electron chi connectivity index (χ2n) is 3.91. The molecule has 0 heterocycles. The van der Waals surface area contributed by atoms with Gasteiger partial charge in [0.2, 0.25) is 0 Å². The molecule has 0 aliphatic heterocycles. The molecular formula is C13H8Br3FN2O. The van der Waals surface area contributed by atoms with Crippen LogP contribution in [-0.4, -0.2) is 5.91 Å². The molecule has 3 N–H and O–H groups in total. The topological polar surface area (TPSA) is 55.1 Å². The Bertz CT molecular complexity index is 668. The first-order chi connectivity index (χ1) is 9.40. The van der Waals surface area contributed by atoms with Gasteiger partial charge in [-0.25, -0.2) is 4.39 Å². The van der Waals surface area contributed by atoms with Crippen molar-refractivity contribution in [1.82, 2.24) is 0 Å². The minimum absolute atomic E-state index is 0.115. The van der Waals surface area contributed by atoms with E-state index in [9.17, 15) is 9.18 Å². The zero-order chi connectivity index (χ0) is 14.9. The van der Waals surface area contributed by atoms with Crippen molar-refractivity contribution in [3.8, 4) is 0 Å². The summed E-state index contributed by atoms with van der Waals surface area (Å²) < 4.78 is 15.0. The van der Waals surface area contributed by atoms with Crippen LogP contribution < -0.4 is 11.1 Å². The molecule has 0 unspecified atom stereocenters. The zero-order valence-electron chi connectivity index (χ0n) is 9.88. The summed E-state index contributed by atoms with van der Waals surface area (Å²) in [5, 5.41) is 2.66. The Morgan fingerprint density at radius 1 is 1.20 bits per heavy atom. The highest BCUT2D eigenvalue weighted by molar-refractivity contribution is 9.11. The van der Waals surface area contributed by atoms with Crippen LogP contribution in [0.25, 0.3) is 0 Å². The highest BCUT2D eigenvalue weighted by atomic mass is 79.9. The van der Waals surface area contributed by atoms with Crippen LogP contribution in [0, 0.1) is 5.82 Å². The molecule has 0 atom stereocenters. The van der Waals surface area contributed by atoms with Crippen molar-refractivity contribution in [3.63, 3.8) is 0 Å². The minimum atomic E-state index is -0.500. The van der Waals surface area contributed by atoms with Gasteiger partial charge in [-0.3, -0.25) is 4.79 Å². The fourth-order valence-electron chi connectivity index (χ4n) is 1.59. The number of nitrogen functional groups attached to an aromatic ring is 1. The fraction of sp³-hybridized carbons (Fsp3) is 0. The van der Waals surface area contributed by atoms with Crippen LogP contribution in [0.1, 0.15) is 10.4 Å². The lowest BCUT2D eigenvalue weighted by molar-refractivity contribution is 0.102. The smallest absolute Gasteiger partial charge is 0.257 e. The number of amides is 1. The average Bonchev–Trinajstić information content (AvgIpc) is 2.36. The first kappa shape index (κ1) is 15.5. The molecule has 0 radical (unpaired) electrons. The molecule has 20 heavy (non-hydrogen) atoms. The lowest BCUT2D eigenvalue weighted by Gasteiger charge is -2.12. The molecule has 2 aromatic carbocycles. The fourth-order valence-corrected chi connectivity index (χ4v) is 3.39. The van der Waals surface area contributed by atoms with Gasteiger partial charge in [-0.05, 0) is 56.1 Å². The molecule has 2 rings (SSSR count). The quantitative estimate of drug-likeness (QED) is 0.615. The number of rotatable bonds is 2. The SMILES string of the molecule is Nc1cc(Br)cc(Br)c1NC(=O)c1cccc(F)c1Br. The Hall–Kier alpha value is -0.920. The molecule has 0 saturated heterocycles. The third-order valence-corrected chi connectivity index (χ3v) is 4.41. The van der Waals surface area contributed by atoms with E-state index in [1.807, 2.05) is 0 Å². The Kier molecular flexibility index (Phi) is 4.82. The predicted octanol–water partition coefficient (Wildman–Crippen LogP) is 4.95.